The summed E-state index contributed by atoms with van der Waals surface area (Å²) >= 11 is 0. The molecule has 2 heterocycles. The van der Waals surface area contributed by atoms with E-state index in [-0.39, 0.29) is 73.0 Å². The van der Waals surface area contributed by atoms with Crippen molar-refractivity contribution in [2.75, 3.05) is 11.4 Å². The zero-order chi connectivity index (χ0) is 50.4. The van der Waals surface area contributed by atoms with Gasteiger partial charge in [0.2, 0.25) is 11.8 Å². The normalized spacial score (nSPS) is 25.8. The summed E-state index contributed by atoms with van der Waals surface area (Å²) < 4.78 is 50.8. The Kier molecular flexibility index (Phi) is 16.4. The molecule has 7 rings (SSSR count). The minimum absolute atomic E-state index is 0.0172. The molecular formula is C55H64F2N2O11. The van der Waals surface area contributed by atoms with Crippen LogP contribution in [-0.4, -0.2) is 65.7 Å². The Bertz CT molecular complexity index is 2470. The number of ether oxygens (including phenoxy) is 4. The van der Waals surface area contributed by atoms with Gasteiger partial charge in [0.15, 0.2) is 0 Å². The van der Waals surface area contributed by atoms with Gasteiger partial charge >= 0.3 is 23.9 Å². The maximum atomic E-state index is 14.1. The molecule has 3 aromatic rings. The number of hydrogen-bond donors (Lipinski definition) is 2. The van der Waals surface area contributed by atoms with Crippen LogP contribution in [-0.2, 0) is 43.0 Å². The molecule has 2 saturated heterocycles. The Morgan fingerprint density at radius 2 is 1.59 bits per heavy atom. The number of cyclic esters (lactones) is 1. The summed E-state index contributed by atoms with van der Waals surface area (Å²) in [6, 6.07) is 17.5. The summed E-state index contributed by atoms with van der Waals surface area (Å²) in [5.74, 6) is -4.21. The average Bonchev–Trinajstić information content (AvgIpc) is 3.30. The fraction of sp³-hybridized carbons (Fsp3) is 0.491. The number of benzene rings is 3. The molecule has 15 heteroatoms. The van der Waals surface area contributed by atoms with E-state index in [2.05, 4.69) is 18.3 Å². The van der Waals surface area contributed by atoms with Gasteiger partial charge in [-0.05, 0) is 135 Å². The fourth-order valence-corrected chi connectivity index (χ4v) is 10.4. The third-order valence-corrected chi connectivity index (χ3v) is 14.5. The molecule has 4 aliphatic rings. The van der Waals surface area contributed by atoms with Gasteiger partial charge in [-0.2, -0.15) is 0 Å². The first-order valence-electron chi connectivity index (χ1n) is 24.4. The average molecular weight is 967 g/mol. The summed E-state index contributed by atoms with van der Waals surface area (Å²) in [5.41, 5.74) is 2.43. The van der Waals surface area contributed by atoms with Crippen molar-refractivity contribution in [3.8, 4) is 5.75 Å². The molecule has 0 radical (unpaired) electrons. The number of aliphatic hydroxyl groups excluding tert-OH is 1. The number of nitrogens with one attached hydrogen (secondary N) is 1. The molecular weight excluding hydrogens is 903 g/mol. The molecule has 70 heavy (non-hydrogen) atoms. The molecule has 3 aromatic carbocycles. The van der Waals surface area contributed by atoms with Crippen LogP contribution in [0.25, 0.3) is 0 Å². The summed E-state index contributed by atoms with van der Waals surface area (Å²) in [6.45, 7) is 10.9. The lowest BCUT2D eigenvalue weighted by atomic mass is 9.63. The van der Waals surface area contributed by atoms with Crippen LogP contribution in [0, 0.1) is 46.6 Å². The molecule has 2 N–H and O–H groups in total. The summed E-state index contributed by atoms with van der Waals surface area (Å²) in [6.07, 6.45) is 4.46. The van der Waals surface area contributed by atoms with Gasteiger partial charge in [-0.3, -0.25) is 28.8 Å². The molecule has 0 bridgehead atoms. The Morgan fingerprint density at radius 1 is 0.914 bits per heavy atom. The van der Waals surface area contributed by atoms with Gasteiger partial charge in [0, 0.05) is 37.1 Å². The zero-order valence-electron chi connectivity index (χ0n) is 40.7. The number of hydrogen-bond acceptors (Lipinski definition) is 11. The van der Waals surface area contributed by atoms with Crippen molar-refractivity contribution in [3.05, 3.63) is 119 Å². The number of halogens is 2. The van der Waals surface area contributed by atoms with Crippen LogP contribution in [0.5, 0.6) is 5.75 Å². The van der Waals surface area contributed by atoms with Crippen molar-refractivity contribution in [1.82, 2.24) is 5.32 Å². The van der Waals surface area contributed by atoms with E-state index >= 15 is 0 Å². The lowest BCUT2D eigenvalue weighted by Crippen LogP contribution is -2.55. The monoisotopic (exact) mass is 966 g/mol. The molecule has 13 nitrogen and oxygen atoms in total. The number of carbonyl (C=O) groups excluding carboxylic acids is 6. The Balaban J connectivity index is 1.02. The van der Waals surface area contributed by atoms with E-state index < -0.39 is 71.3 Å². The van der Waals surface area contributed by atoms with Crippen molar-refractivity contribution >= 4 is 41.4 Å². The number of rotatable bonds is 18. The van der Waals surface area contributed by atoms with Gasteiger partial charge in [0.05, 0.1) is 36.3 Å². The van der Waals surface area contributed by atoms with Crippen LogP contribution < -0.4 is 15.0 Å². The lowest BCUT2D eigenvalue weighted by Gasteiger charge is -2.48. The highest BCUT2D eigenvalue weighted by molar-refractivity contribution is 6.03. The lowest BCUT2D eigenvalue weighted by molar-refractivity contribution is -0.166. The molecule has 10 unspecified atom stereocenters. The van der Waals surface area contributed by atoms with E-state index in [0.29, 0.717) is 55.3 Å². The largest absolute Gasteiger partial charge is 0.462 e. The van der Waals surface area contributed by atoms with E-state index in [4.69, 9.17) is 18.9 Å². The molecule has 2 amide bonds. The number of allylic oxidation sites excluding steroid dienone is 2. The van der Waals surface area contributed by atoms with Crippen LogP contribution in [0.3, 0.4) is 0 Å². The molecule has 0 aromatic heterocycles. The smallest absolute Gasteiger partial charge is 0.312 e. The van der Waals surface area contributed by atoms with E-state index in [1.807, 2.05) is 33.8 Å². The maximum absolute atomic E-state index is 14.1. The number of aliphatic hydroxyl groups is 1. The predicted molar refractivity (Wildman–Crippen MR) is 254 cm³/mol. The second-order valence-corrected chi connectivity index (χ2v) is 19.9. The molecule has 10 atom stereocenters. The quantitative estimate of drug-likeness (QED) is 0.0539. The van der Waals surface area contributed by atoms with Crippen LogP contribution in [0.15, 0.2) is 96.1 Å². The molecule has 2 aliphatic carbocycles. The first kappa shape index (κ1) is 51.6. The Labute approximate surface area is 408 Å². The van der Waals surface area contributed by atoms with Gasteiger partial charge in [-0.25, -0.2) is 8.78 Å². The number of esters is 4. The number of amides is 2. The number of β-lactam (4-membered cyclic amide) rings is 1. The number of nitrogens with zero attached hydrogens (tertiary/aromatic N) is 1. The van der Waals surface area contributed by atoms with Crippen molar-refractivity contribution in [2.45, 2.75) is 130 Å². The zero-order valence-corrected chi connectivity index (χ0v) is 40.7. The minimum Gasteiger partial charge on any atom is -0.462 e. The standard InChI is InChI=1S/C55H64F2N2O11/c1-7-55(5,6)54(66)70-46-28-32(3)49(43-22-8-31(2)42(50(43)46)23-21-41-29-39(61)30-48(63)69-41)52(64)58-27-26-47(62)68-40-19-11-35(12-20-40)51-44(53(65)59(51)38-17-15-37(57)16-18-38)24-25-45(67-33(4)60)34-9-13-36(56)14-10-34/h8-20,22,31-32,39,41-42,44-46,50-51,61H,7,21,23-30H2,1-6H3,(H,58,64). The van der Waals surface area contributed by atoms with Crippen LogP contribution in [0.1, 0.15) is 123 Å². The van der Waals surface area contributed by atoms with Crippen molar-refractivity contribution in [2.24, 2.45) is 35.0 Å². The predicted octanol–water partition coefficient (Wildman–Crippen LogP) is 9.13. The highest BCUT2D eigenvalue weighted by Crippen LogP contribution is 2.49. The van der Waals surface area contributed by atoms with Crippen LogP contribution >= 0.6 is 0 Å². The summed E-state index contributed by atoms with van der Waals surface area (Å²) in [5, 5.41) is 13.2. The number of carbonyl (C=O) groups is 6. The molecule has 2 aliphatic heterocycles. The maximum Gasteiger partial charge on any atom is 0.312 e. The van der Waals surface area contributed by atoms with Gasteiger partial charge in [-0.15, -0.1) is 0 Å². The first-order chi connectivity index (χ1) is 33.3. The summed E-state index contributed by atoms with van der Waals surface area (Å²) in [7, 11) is 0. The van der Waals surface area contributed by atoms with E-state index in [0.717, 1.165) is 11.1 Å². The van der Waals surface area contributed by atoms with E-state index in [9.17, 15) is 42.7 Å². The third kappa shape index (κ3) is 12.0. The van der Waals surface area contributed by atoms with E-state index in [1.54, 1.807) is 29.2 Å². The Morgan fingerprint density at radius 3 is 2.23 bits per heavy atom. The first-order valence-corrected chi connectivity index (χ1v) is 24.4. The molecule has 374 valence electrons. The van der Waals surface area contributed by atoms with Crippen molar-refractivity contribution < 1.29 is 61.6 Å². The topological polar surface area (TPSA) is 175 Å². The van der Waals surface area contributed by atoms with E-state index in [1.165, 1.54) is 55.5 Å². The summed E-state index contributed by atoms with van der Waals surface area (Å²) in [4.78, 5) is 80.4. The van der Waals surface area contributed by atoms with Crippen LogP contribution in [0.2, 0.25) is 0 Å². The second-order valence-electron chi connectivity index (χ2n) is 19.9. The minimum atomic E-state index is -0.761. The fourth-order valence-electron chi connectivity index (χ4n) is 10.4. The SMILES string of the molecule is CCC(C)(C)C(=O)OC1CC(C)C(C(=O)NCCC(=O)Oc2ccc(C3C(CCC(OC(C)=O)c4ccc(F)cc4)C(=O)N3c3ccc(F)cc3)cc2)=C2C=CC(C)C(CCC3CC(O)CC(=O)O3)C21. The van der Waals surface area contributed by atoms with Gasteiger partial charge in [0.25, 0.3) is 0 Å². The highest BCUT2D eigenvalue weighted by Gasteiger charge is 2.49. The Hall–Kier alpha value is -6.22. The number of anilines is 1. The van der Waals surface area contributed by atoms with Gasteiger partial charge < -0.3 is 34.3 Å². The molecule has 0 saturated carbocycles. The van der Waals surface area contributed by atoms with Crippen molar-refractivity contribution in [1.29, 1.82) is 0 Å². The van der Waals surface area contributed by atoms with Crippen molar-refractivity contribution in [3.63, 3.8) is 0 Å². The number of fused-ring (bicyclic) bond motifs is 1. The van der Waals surface area contributed by atoms with Gasteiger partial charge in [0.1, 0.15) is 35.7 Å². The second kappa shape index (κ2) is 22.2. The molecule has 2 fully saturated rings. The van der Waals surface area contributed by atoms with Crippen LogP contribution in [0.4, 0.5) is 14.5 Å². The molecule has 0 spiro atoms. The third-order valence-electron chi connectivity index (χ3n) is 14.5. The highest BCUT2D eigenvalue weighted by atomic mass is 19.1. The van der Waals surface area contributed by atoms with Gasteiger partial charge in [-0.1, -0.05) is 57.2 Å².